The van der Waals surface area contributed by atoms with Crippen molar-refractivity contribution in [2.75, 3.05) is 39.0 Å². The zero-order chi connectivity index (χ0) is 24.1. The molecule has 180 valence electrons. The van der Waals surface area contributed by atoms with Gasteiger partial charge in [-0.1, -0.05) is 17.7 Å². The quantitative estimate of drug-likeness (QED) is 0.609. The van der Waals surface area contributed by atoms with E-state index in [1.54, 1.807) is 16.9 Å². The maximum absolute atomic E-state index is 12.6. The number of alkyl halides is 3. The lowest BCUT2D eigenvalue weighted by Crippen LogP contribution is -2.49. The molecule has 1 aromatic rings. The molecule has 0 radical (unpaired) electrons. The molecule has 14 heteroatoms. The normalized spacial score (nSPS) is 16.4. The first kappa shape index (κ1) is 26.0. The number of nitrogens with zero attached hydrogens (tertiary/aromatic N) is 2. The van der Waals surface area contributed by atoms with Gasteiger partial charge in [-0.2, -0.15) is 13.2 Å². The highest BCUT2D eigenvalue weighted by Crippen LogP contribution is 2.26. The third kappa shape index (κ3) is 8.36. The second-order valence-electron chi connectivity index (χ2n) is 7.17. The first-order valence-electron chi connectivity index (χ1n) is 9.41. The molecule has 0 aromatic heterocycles. The number of carbonyl (C=O) groups is 2. The van der Waals surface area contributed by atoms with Crippen LogP contribution in [0.5, 0.6) is 5.75 Å². The number of halogens is 4. The van der Waals surface area contributed by atoms with E-state index in [-0.39, 0.29) is 18.8 Å². The molecule has 1 N–H and O–H groups in total. The summed E-state index contributed by atoms with van der Waals surface area (Å²) in [6.07, 6.45) is -7.00. The lowest BCUT2D eigenvalue weighted by Gasteiger charge is -2.35. The van der Waals surface area contributed by atoms with Crippen LogP contribution in [-0.4, -0.2) is 81.5 Å². The van der Waals surface area contributed by atoms with E-state index >= 15 is 0 Å². The Morgan fingerprint density at radius 3 is 2.41 bits per heavy atom. The number of hydrogen-bond donors (Lipinski definition) is 1. The topological polar surface area (TPSA) is 105 Å². The van der Waals surface area contributed by atoms with Crippen LogP contribution in [0.25, 0.3) is 0 Å². The number of sulfonamides is 1. The number of benzene rings is 1. The van der Waals surface area contributed by atoms with Crippen molar-refractivity contribution >= 4 is 33.6 Å². The fourth-order valence-corrected chi connectivity index (χ4v) is 3.43. The molecule has 1 unspecified atom stereocenters. The van der Waals surface area contributed by atoms with Crippen LogP contribution in [0.15, 0.2) is 18.2 Å². The van der Waals surface area contributed by atoms with Crippen LogP contribution in [0.3, 0.4) is 0 Å². The average molecular weight is 502 g/mol. The van der Waals surface area contributed by atoms with Gasteiger partial charge in [0.2, 0.25) is 10.0 Å². The molecule has 1 saturated heterocycles. The highest BCUT2D eigenvalue weighted by molar-refractivity contribution is 7.89. The van der Waals surface area contributed by atoms with Gasteiger partial charge in [-0.25, -0.2) is 13.2 Å². The molecule has 0 bridgehead atoms. The molecule has 0 saturated carbocycles. The summed E-state index contributed by atoms with van der Waals surface area (Å²) in [5.41, 5.74) is 0.656. The molecule has 1 heterocycles. The maximum atomic E-state index is 12.6. The van der Waals surface area contributed by atoms with E-state index in [1.807, 2.05) is 4.90 Å². The van der Waals surface area contributed by atoms with Gasteiger partial charge in [0.25, 0.3) is 5.91 Å². The highest BCUT2D eigenvalue weighted by Gasteiger charge is 2.40. The van der Waals surface area contributed by atoms with Gasteiger partial charge in [-0.05, 0) is 19.1 Å². The molecule has 1 fully saturated rings. The number of nitrogens with one attached hydrogen (secondary N) is 1. The van der Waals surface area contributed by atoms with Crippen molar-refractivity contribution in [2.24, 2.45) is 0 Å². The summed E-state index contributed by atoms with van der Waals surface area (Å²) in [5.74, 6) is -0.569. The van der Waals surface area contributed by atoms with Crippen LogP contribution < -0.4 is 9.46 Å². The molecule has 2 rings (SSSR count). The first-order chi connectivity index (χ1) is 14.7. The molecule has 1 atom stereocenters. The minimum absolute atomic E-state index is 0.171. The Morgan fingerprint density at radius 2 is 1.84 bits per heavy atom. The van der Waals surface area contributed by atoms with Gasteiger partial charge in [-0.3, -0.25) is 14.4 Å². The van der Waals surface area contributed by atoms with Gasteiger partial charge in [0.05, 0.1) is 6.26 Å². The van der Waals surface area contributed by atoms with Crippen LogP contribution in [0.1, 0.15) is 12.5 Å². The van der Waals surface area contributed by atoms with Crippen LogP contribution in [0, 0.1) is 0 Å². The highest BCUT2D eigenvalue weighted by atomic mass is 35.5. The van der Waals surface area contributed by atoms with Crippen molar-refractivity contribution in [1.29, 1.82) is 0 Å². The monoisotopic (exact) mass is 501 g/mol. The smallest absolute Gasteiger partial charge is 0.425 e. The maximum Gasteiger partial charge on any atom is 0.425 e. The van der Waals surface area contributed by atoms with Crippen molar-refractivity contribution in [2.45, 2.75) is 25.7 Å². The summed E-state index contributed by atoms with van der Waals surface area (Å²) >= 11 is 5.98. The molecular formula is C18H23ClF3N3O6S. The summed E-state index contributed by atoms with van der Waals surface area (Å²) < 4.78 is 71.6. The lowest BCUT2D eigenvalue weighted by atomic mass is 10.1. The minimum Gasteiger partial charge on any atom is -0.483 e. The number of amides is 2. The largest absolute Gasteiger partial charge is 0.483 e. The number of ether oxygens (including phenoxy) is 2. The Kier molecular flexibility index (Phi) is 8.60. The van der Waals surface area contributed by atoms with Crippen molar-refractivity contribution in [1.82, 2.24) is 14.5 Å². The number of carbonyl (C=O) groups excluding carboxylic acids is 2. The lowest BCUT2D eigenvalue weighted by molar-refractivity contribution is -0.200. The average Bonchev–Trinajstić information content (AvgIpc) is 2.66. The summed E-state index contributed by atoms with van der Waals surface area (Å²) in [6, 6.07) is 4.78. The predicted octanol–water partition coefficient (Wildman–Crippen LogP) is 2.00. The van der Waals surface area contributed by atoms with E-state index in [1.165, 1.54) is 11.0 Å². The zero-order valence-corrected chi connectivity index (χ0v) is 18.9. The predicted molar refractivity (Wildman–Crippen MR) is 109 cm³/mol. The zero-order valence-electron chi connectivity index (χ0n) is 17.3. The van der Waals surface area contributed by atoms with Gasteiger partial charge in [0.15, 0.2) is 12.7 Å². The third-order valence-electron chi connectivity index (χ3n) is 4.45. The van der Waals surface area contributed by atoms with E-state index in [0.29, 0.717) is 30.2 Å². The second-order valence-corrected chi connectivity index (χ2v) is 9.35. The van der Waals surface area contributed by atoms with E-state index in [2.05, 4.69) is 4.74 Å². The molecule has 1 aliphatic rings. The second kappa shape index (κ2) is 10.6. The fraction of sp³-hybridized carbons (Fsp3) is 0.556. The van der Waals surface area contributed by atoms with E-state index in [0.717, 1.165) is 13.2 Å². The molecule has 1 aliphatic heterocycles. The summed E-state index contributed by atoms with van der Waals surface area (Å²) in [7, 11) is -3.72. The Hall–Kier alpha value is -2.25. The SMILES string of the molecule is CC(OC(=O)N1CCN(Cc2ccc(Cl)cc2OCC(=O)NS(C)(=O)=O)CC1)C(F)(F)F. The van der Waals surface area contributed by atoms with E-state index in [4.69, 9.17) is 16.3 Å². The van der Waals surface area contributed by atoms with Crippen LogP contribution in [0.4, 0.5) is 18.0 Å². The number of piperazine rings is 1. The standard InChI is InChI=1S/C18H23ClF3N3O6S/c1-12(18(20,21)22)31-17(27)25-7-5-24(6-8-25)10-13-3-4-14(19)9-15(13)30-11-16(26)23-32(2,28)29/h3-4,9,12H,5-8,10-11H2,1-2H3,(H,23,26). The molecule has 32 heavy (non-hydrogen) atoms. The Labute approximate surface area is 188 Å². The molecule has 9 nitrogen and oxygen atoms in total. The Bertz CT molecular complexity index is 936. The molecule has 2 amide bonds. The van der Waals surface area contributed by atoms with Gasteiger partial charge >= 0.3 is 12.3 Å². The molecule has 1 aromatic carbocycles. The number of hydrogen-bond acceptors (Lipinski definition) is 7. The van der Waals surface area contributed by atoms with Crippen molar-refractivity contribution in [3.8, 4) is 5.75 Å². The molecular weight excluding hydrogens is 479 g/mol. The van der Waals surface area contributed by atoms with Gasteiger partial charge in [0, 0.05) is 43.3 Å². The number of rotatable bonds is 7. The fourth-order valence-electron chi connectivity index (χ4n) is 2.79. The Balaban J connectivity index is 1.92. The first-order valence-corrected chi connectivity index (χ1v) is 11.7. The van der Waals surface area contributed by atoms with Gasteiger partial charge in [0.1, 0.15) is 5.75 Å². The summed E-state index contributed by atoms with van der Waals surface area (Å²) in [6.45, 7) is 1.65. The van der Waals surface area contributed by atoms with E-state index in [9.17, 15) is 31.2 Å². The van der Waals surface area contributed by atoms with Gasteiger partial charge in [-0.15, -0.1) is 0 Å². The van der Waals surface area contributed by atoms with Crippen LogP contribution in [-0.2, 0) is 26.1 Å². The molecule has 0 aliphatic carbocycles. The van der Waals surface area contributed by atoms with Crippen molar-refractivity contribution in [3.05, 3.63) is 28.8 Å². The Morgan fingerprint density at radius 1 is 1.22 bits per heavy atom. The summed E-state index contributed by atoms with van der Waals surface area (Å²) in [5, 5.41) is 0.346. The van der Waals surface area contributed by atoms with Gasteiger partial charge < -0.3 is 14.4 Å². The van der Waals surface area contributed by atoms with Crippen LogP contribution >= 0.6 is 11.6 Å². The van der Waals surface area contributed by atoms with E-state index < -0.39 is 40.9 Å². The third-order valence-corrected chi connectivity index (χ3v) is 5.28. The van der Waals surface area contributed by atoms with Crippen molar-refractivity contribution in [3.63, 3.8) is 0 Å². The molecule has 0 spiro atoms. The van der Waals surface area contributed by atoms with Crippen molar-refractivity contribution < 1.29 is 40.7 Å². The van der Waals surface area contributed by atoms with Crippen LogP contribution in [0.2, 0.25) is 5.02 Å². The summed E-state index contributed by atoms with van der Waals surface area (Å²) in [4.78, 5) is 26.7. The minimum atomic E-state index is -4.62.